The van der Waals surface area contributed by atoms with Gasteiger partial charge in [0.2, 0.25) is 5.95 Å². The van der Waals surface area contributed by atoms with Gasteiger partial charge in [-0.1, -0.05) is 29.3 Å². The molecule has 1 unspecified atom stereocenters. The maximum absolute atomic E-state index is 12.8. The van der Waals surface area contributed by atoms with Crippen LogP contribution in [-0.2, 0) is 20.6 Å². The molecule has 0 radical (unpaired) electrons. The SMILES string of the molecule is CC(O)CNc1nc2c(c(=O)n(C)c(=O)n2C)n1Cc1c(Cl)cccc1Cl. The van der Waals surface area contributed by atoms with Crippen LogP contribution in [0, 0.1) is 0 Å². The number of hydrogen-bond acceptors (Lipinski definition) is 5. The fraction of sp³-hybridized carbons (Fsp3) is 0.353. The van der Waals surface area contributed by atoms with Crippen LogP contribution < -0.4 is 16.6 Å². The van der Waals surface area contributed by atoms with Crippen molar-refractivity contribution < 1.29 is 5.11 Å². The number of rotatable bonds is 5. The molecule has 2 heterocycles. The third-order valence-corrected chi connectivity index (χ3v) is 4.99. The molecule has 0 aliphatic heterocycles. The highest BCUT2D eigenvalue weighted by atomic mass is 35.5. The molecule has 0 fully saturated rings. The smallest absolute Gasteiger partial charge is 0.332 e. The van der Waals surface area contributed by atoms with E-state index in [4.69, 9.17) is 23.2 Å². The summed E-state index contributed by atoms with van der Waals surface area (Å²) in [5.74, 6) is 0.334. The monoisotopic (exact) mass is 411 g/mol. The Labute approximate surface area is 164 Å². The van der Waals surface area contributed by atoms with E-state index in [1.165, 1.54) is 11.6 Å². The van der Waals surface area contributed by atoms with E-state index in [1.54, 1.807) is 36.7 Å². The Hall–Kier alpha value is -2.29. The zero-order valence-corrected chi connectivity index (χ0v) is 16.5. The lowest BCUT2D eigenvalue weighted by Gasteiger charge is -2.13. The molecule has 10 heteroatoms. The number of anilines is 1. The van der Waals surface area contributed by atoms with E-state index in [-0.39, 0.29) is 24.3 Å². The summed E-state index contributed by atoms with van der Waals surface area (Å²) in [7, 11) is 2.95. The van der Waals surface area contributed by atoms with Crippen LogP contribution in [0.4, 0.5) is 5.95 Å². The third-order valence-electron chi connectivity index (χ3n) is 4.28. The molecule has 2 N–H and O–H groups in total. The second-order valence-corrected chi connectivity index (χ2v) is 7.14. The summed E-state index contributed by atoms with van der Waals surface area (Å²) in [5, 5.41) is 13.5. The van der Waals surface area contributed by atoms with Gasteiger partial charge in [-0.15, -0.1) is 0 Å². The van der Waals surface area contributed by atoms with Crippen molar-refractivity contribution in [3.8, 4) is 0 Å². The van der Waals surface area contributed by atoms with Gasteiger partial charge in [-0.05, 0) is 19.1 Å². The molecule has 3 aromatic rings. The molecule has 8 nitrogen and oxygen atoms in total. The summed E-state index contributed by atoms with van der Waals surface area (Å²) in [6, 6.07) is 5.15. The Balaban J connectivity index is 2.29. The summed E-state index contributed by atoms with van der Waals surface area (Å²) in [5.41, 5.74) is 0.142. The predicted molar refractivity (Wildman–Crippen MR) is 106 cm³/mol. The van der Waals surface area contributed by atoms with E-state index in [2.05, 4.69) is 10.3 Å². The summed E-state index contributed by atoms with van der Waals surface area (Å²) in [6.45, 7) is 2.01. The van der Waals surface area contributed by atoms with E-state index in [0.717, 1.165) is 4.57 Å². The van der Waals surface area contributed by atoms with Crippen molar-refractivity contribution >= 4 is 40.3 Å². The first-order valence-electron chi connectivity index (χ1n) is 8.23. The predicted octanol–water partition coefficient (Wildman–Crippen LogP) is 1.58. The van der Waals surface area contributed by atoms with Gasteiger partial charge in [-0.25, -0.2) is 4.79 Å². The molecule has 3 rings (SSSR count). The number of halogens is 2. The molecule has 0 aliphatic rings. The van der Waals surface area contributed by atoms with Gasteiger partial charge in [0.25, 0.3) is 5.56 Å². The lowest BCUT2D eigenvalue weighted by Crippen LogP contribution is -2.37. The van der Waals surface area contributed by atoms with Gasteiger partial charge in [0.15, 0.2) is 11.2 Å². The van der Waals surface area contributed by atoms with Crippen molar-refractivity contribution in [1.82, 2.24) is 18.7 Å². The lowest BCUT2D eigenvalue weighted by molar-refractivity contribution is 0.208. The largest absolute Gasteiger partial charge is 0.392 e. The number of aliphatic hydroxyl groups excluding tert-OH is 1. The first-order valence-corrected chi connectivity index (χ1v) is 8.99. The first kappa shape index (κ1) is 19.5. The van der Waals surface area contributed by atoms with Crippen molar-refractivity contribution in [2.75, 3.05) is 11.9 Å². The Morgan fingerprint density at radius 2 is 1.81 bits per heavy atom. The maximum atomic E-state index is 12.8. The molecule has 0 saturated heterocycles. The van der Waals surface area contributed by atoms with Crippen LogP contribution in [0.1, 0.15) is 12.5 Å². The first-order chi connectivity index (χ1) is 12.7. The van der Waals surface area contributed by atoms with Gasteiger partial charge in [0.05, 0.1) is 12.6 Å². The molecule has 0 saturated carbocycles. The van der Waals surface area contributed by atoms with Gasteiger partial charge < -0.3 is 10.4 Å². The summed E-state index contributed by atoms with van der Waals surface area (Å²) >= 11 is 12.6. The molecule has 0 spiro atoms. The van der Waals surface area contributed by atoms with Crippen LogP contribution >= 0.6 is 23.2 Å². The number of hydrogen-bond donors (Lipinski definition) is 2. The zero-order valence-electron chi connectivity index (χ0n) is 15.0. The Morgan fingerprint density at radius 3 is 2.41 bits per heavy atom. The average molecular weight is 412 g/mol. The molecule has 0 aliphatic carbocycles. The van der Waals surface area contributed by atoms with Crippen molar-refractivity contribution in [3.05, 3.63) is 54.6 Å². The van der Waals surface area contributed by atoms with Gasteiger partial charge in [-0.3, -0.25) is 18.5 Å². The standard InChI is InChI=1S/C17H19Cl2N5O3/c1-9(25)7-20-16-21-14-13(15(26)23(3)17(27)22(14)2)24(16)8-10-11(18)5-4-6-12(10)19/h4-6,9,25H,7-8H2,1-3H3,(H,20,21). The lowest BCUT2D eigenvalue weighted by atomic mass is 10.2. The van der Waals surface area contributed by atoms with Crippen LogP contribution in [0.2, 0.25) is 10.0 Å². The van der Waals surface area contributed by atoms with Crippen LogP contribution in [0.25, 0.3) is 11.2 Å². The quantitative estimate of drug-likeness (QED) is 0.664. The summed E-state index contributed by atoms with van der Waals surface area (Å²) in [6.07, 6.45) is -0.631. The van der Waals surface area contributed by atoms with Gasteiger partial charge in [0.1, 0.15) is 0 Å². The Morgan fingerprint density at radius 1 is 1.19 bits per heavy atom. The second-order valence-electron chi connectivity index (χ2n) is 6.33. The van der Waals surface area contributed by atoms with Crippen LogP contribution in [0.5, 0.6) is 0 Å². The zero-order chi connectivity index (χ0) is 19.9. The molecule has 1 atom stereocenters. The van der Waals surface area contributed by atoms with E-state index < -0.39 is 17.4 Å². The molecule has 2 aromatic heterocycles. The van der Waals surface area contributed by atoms with Crippen molar-refractivity contribution in [2.24, 2.45) is 14.1 Å². The van der Waals surface area contributed by atoms with Crippen LogP contribution in [-0.4, -0.2) is 36.4 Å². The summed E-state index contributed by atoms with van der Waals surface area (Å²) in [4.78, 5) is 29.4. The summed E-state index contributed by atoms with van der Waals surface area (Å²) < 4.78 is 3.94. The number of aryl methyl sites for hydroxylation is 1. The fourth-order valence-corrected chi connectivity index (χ4v) is 3.33. The number of nitrogens with one attached hydrogen (secondary N) is 1. The Kier molecular flexibility index (Phi) is 5.32. The Bertz CT molecular complexity index is 1110. The van der Waals surface area contributed by atoms with E-state index in [9.17, 15) is 14.7 Å². The maximum Gasteiger partial charge on any atom is 0.332 e. The average Bonchev–Trinajstić information content (AvgIpc) is 2.98. The highest BCUT2D eigenvalue weighted by Crippen LogP contribution is 2.27. The minimum absolute atomic E-state index is 0.171. The molecular weight excluding hydrogens is 393 g/mol. The minimum Gasteiger partial charge on any atom is -0.392 e. The highest BCUT2D eigenvalue weighted by molar-refractivity contribution is 6.36. The second kappa shape index (κ2) is 7.38. The van der Waals surface area contributed by atoms with Gasteiger partial charge in [0, 0.05) is 36.2 Å². The minimum atomic E-state index is -0.631. The fourth-order valence-electron chi connectivity index (χ4n) is 2.82. The molecule has 27 heavy (non-hydrogen) atoms. The van der Waals surface area contributed by atoms with Crippen LogP contribution in [0.3, 0.4) is 0 Å². The van der Waals surface area contributed by atoms with Gasteiger partial charge >= 0.3 is 5.69 Å². The van der Waals surface area contributed by atoms with E-state index in [0.29, 0.717) is 21.6 Å². The van der Waals surface area contributed by atoms with Crippen molar-refractivity contribution in [2.45, 2.75) is 19.6 Å². The highest BCUT2D eigenvalue weighted by Gasteiger charge is 2.20. The molecule has 144 valence electrons. The number of fused-ring (bicyclic) bond motifs is 1. The van der Waals surface area contributed by atoms with E-state index >= 15 is 0 Å². The number of nitrogens with zero attached hydrogens (tertiary/aromatic N) is 4. The molecule has 0 amide bonds. The van der Waals surface area contributed by atoms with Crippen molar-refractivity contribution in [3.63, 3.8) is 0 Å². The van der Waals surface area contributed by atoms with Crippen LogP contribution in [0.15, 0.2) is 27.8 Å². The normalized spacial score (nSPS) is 12.5. The van der Waals surface area contributed by atoms with Gasteiger partial charge in [-0.2, -0.15) is 4.98 Å². The van der Waals surface area contributed by atoms with Crippen molar-refractivity contribution in [1.29, 1.82) is 0 Å². The van der Waals surface area contributed by atoms with E-state index in [1.807, 2.05) is 0 Å². The number of imidazole rings is 1. The number of benzene rings is 1. The molecule has 0 bridgehead atoms. The topological polar surface area (TPSA) is 94.1 Å². The molecule has 1 aromatic carbocycles. The number of aliphatic hydroxyl groups is 1. The number of aromatic nitrogens is 4. The molecular formula is C17H19Cl2N5O3. The third kappa shape index (κ3) is 3.47.